The molecule has 0 saturated carbocycles. The number of aromatic nitrogens is 1. The van der Waals surface area contributed by atoms with E-state index in [1.807, 2.05) is 45.0 Å². The lowest BCUT2D eigenvalue weighted by atomic mass is 9.88. The first-order valence-corrected chi connectivity index (χ1v) is 7.76. The summed E-state index contributed by atoms with van der Waals surface area (Å²) in [5.74, 6) is 0.463. The van der Waals surface area contributed by atoms with Gasteiger partial charge in [0.2, 0.25) is 0 Å². The molecule has 0 atom stereocenters. The van der Waals surface area contributed by atoms with Crippen LogP contribution in [0.25, 0.3) is 5.57 Å². The van der Waals surface area contributed by atoms with Crippen LogP contribution in [0.15, 0.2) is 42.0 Å². The number of carbonyl (C=O) groups excluding carboxylic acids is 1. The number of benzene rings is 1. The van der Waals surface area contributed by atoms with Gasteiger partial charge >= 0.3 is 0 Å². The number of hydrogen-bond acceptors (Lipinski definition) is 4. The summed E-state index contributed by atoms with van der Waals surface area (Å²) in [5, 5.41) is 0. The van der Waals surface area contributed by atoms with Crippen LogP contribution in [0.4, 0.5) is 17.2 Å². The minimum atomic E-state index is -0.0915. The topological polar surface area (TPSA) is 97.3 Å². The third kappa shape index (κ3) is 4.35. The van der Waals surface area contributed by atoms with Crippen molar-refractivity contribution in [3.05, 3.63) is 48.2 Å². The molecule has 0 bridgehead atoms. The van der Waals surface area contributed by atoms with E-state index >= 15 is 0 Å². The number of hydrogen-bond donors (Lipinski definition) is 3. The highest BCUT2D eigenvalue weighted by atomic mass is 16.1. The van der Waals surface area contributed by atoms with Crippen molar-refractivity contribution in [2.24, 2.45) is 10.4 Å². The number of anilines is 2. The van der Waals surface area contributed by atoms with E-state index in [4.69, 9.17) is 11.5 Å². The maximum Gasteiger partial charge on any atom is 0.167 e. The van der Waals surface area contributed by atoms with Gasteiger partial charge in [-0.2, -0.15) is 0 Å². The molecule has 0 fully saturated rings. The largest absolute Gasteiger partial charge is 0.399 e. The molecule has 1 heterocycles. The number of Topliss-reactive ketones (excluding diaryl/α,β-unsaturated/α-hetero) is 1. The number of allylic oxidation sites excluding steroid dienone is 1. The maximum atomic E-state index is 12.3. The number of rotatable bonds is 5. The molecule has 0 unspecified atom stereocenters. The molecule has 0 aliphatic heterocycles. The Morgan fingerprint density at radius 3 is 2.67 bits per heavy atom. The highest BCUT2D eigenvalue weighted by molar-refractivity contribution is 6.10. The van der Waals surface area contributed by atoms with Crippen LogP contribution in [0, 0.1) is 5.41 Å². The summed E-state index contributed by atoms with van der Waals surface area (Å²) in [6.07, 6.45) is 3.64. The van der Waals surface area contributed by atoms with Crippen molar-refractivity contribution in [3.63, 3.8) is 0 Å². The van der Waals surface area contributed by atoms with Crippen LogP contribution >= 0.6 is 0 Å². The minimum absolute atomic E-state index is 0.00681. The van der Waals surface area contributed by atoms with Crippen LogP contribution in [0.2, 0.25) is 0 Å². The van der Waals surface area contributed by atoms with E-state index in [-0.39, 0.29) is 11.2 Å². The van der Waals surface area contributed by atoms with Crippen LogP contribution in [-0.4, -0.2) is 17.0 Å². The fourth-order valence-electron chi connectivity index (χ4n) is 2.29. The van der Waals surface area contributed by atoms with Gasteiger partial charge < -0.3 is 16.5 Å². The molecular weight excluding hydrogens is 300 g/mol. The van der Waals surface area contributed by atoms with E-state index < -0.39 is 0 Å². The Balaban J connectivity index is 2.16. The van der Waals surface area contributed by atoms with E-state index in [0.29, 0.717) is 34.8 Å². The molecule has 24 heavy (non-hydrogen) atoms. The van der Waals surface area contributed by atoms with Gasteiger partial charge in [0.25, 0.3) is 0 Å². The number of nitrogens with one attached hydrogen (secondary N) is 1. The molecule has 5 heteroatoms. The molecule has 1 aromatic carbocycles. The van der Waals surface area contributed by atoms with Crippen molar-refractivity contribution in [2.75, 3.05) is 11.5 Å². The average molecular weight is 324 g/mol. The predicted octanol–water partition coefficient (Wildman–Crippen LogP) is 4.21. The fraction of sp³-hybridized carbons (Fsp3) is 0.263. The lowest BCUT2D eigenvalue weighted by Gasteiger charge is -2.16. The lowest BCUT2D eigenvalue weighted by Crippen LogP contribution is -2.13. The van der Waals surface area contributed by atoms with Gasteiger partial charge in [-0.25, -0.2) is 4.99 Å². The first-order chi connectivity index (χ1) is 11.2. The third-order valence-electron chi connectivity index (χ3n) is 3.50. The summed E-state index contributed by atoms with van der Waals surface area (Å²) in [4.78, 5) is 19.6. The smallest absolute Gasteiger partial charge is 0.167 e. The summed E-state index contributed by atoms with van der Waals surface area (Å²) >= 11 is 0. The molecule has 1 aromatic heterocycles. The Bertz CT molecular complexity index is 794. The number of aliphatic imine (C=N–C) groups is 1. The SMILES string of the molecule is C=C(/C=N\c1[nH]cc(C(=O)CC(C)(C)C)c1N)c1cccc(N)c1. The number of ketones is 1. The summed E-state index contributed by atoms with van der Waals surface area (Å²) in [6, 6.07) is 7.39. The molecule has 0 spiro atoms. The average Bonchev–Trinajstić information content (AvgIpc) is 2.84. The number of nitrogen functional groups attached to an aromatic ring is 2. The van der Waals surface area contributed by atoms with Crippen molar-refractivity contribution in [3.8, 4) is 0 Å². The zero-order valence-electron chi connectivity index (χ0n) is 14.4. The van der Waals surface area contributed by atoms with Crippen molar-refractivity contribution in [1.82, 2.24) is 4.98 Å². The van der Waals surface area contributed by atoms with Gasteiger partial charge in [-0.3, -0.25) is 4.79 Å². The van der Waals surface area contributed by atoms with Crippen LogP contribution in [-0.2, 0) is 0 Å². The third-order valence-corrected chi connectivity index (χ3v) is 3.50. The van der Waals surface area contributed by atoms with Gasteiger partial charge in [0.05, 0.1) is 11.3 Å². The Morgan fingerprint density at radius 2 is 2.04 bits per heavy atom. The van der Waals surface area contributed by atoms with Crippen LogP contribution in [0.5, 0.6) is 0 Å². The summed E-state index contributed by atoms with van der Waals surface area (Å²) < 4.78 is 0. The van der Waals surface area contributed by atoms with Crippen LogP contribution in [0.1, 0.15) is 43.1 Å². The van der Waals surface area contributed by atoms with Crippen LogP contribution in [0.3, 0.4) is 0 Å². The second-order valence-corrected chi connectivity index (χ2v) is 7.03. The first kappa shape index (κ1) is 17.5. The molecule has 5 nitrogen and oxygen atoms in total. The number of aromatic amines is 1. The molecule has 126 valence electrons. The second kappa shape index (κ2) is 6.74. The Morgan fingerprint density at radius 1 is 1.33 bits per heavy atom. The Hall–Kier alpha value is -2.82. The monoisotopic (exact) mass is 324 g/mol. The molecular formula is C19H24N4O. The molecule has 0 aliphatic carbocycles. The maximum absolute atomic E-state index is 12.3. The summed E-state index contributed by atoms with van der Waals surface area (Å²) in [6.45, 7) is 10.0. The second-order valence-electron chi connectivity index (χ2n) is 7.03. The Labute approximate surface area is 142 Å². The van der Waals surface area contributed by atoms with Gasteiger partial charge in [0.15, 0.2) is 11.6 Å². The van der Waals surface area contributed by atoms with Crippen molar-refractivity contribution >= 4 is 34.8 Å². The van der Waals surface area contributed by atoms with Crippen molar-refractivity contribution in [2.45, 2.75) is 27.2 Å². The highest BCUT2D eigenvalue weighted by Gasteiger charge is 2.21. The molecule has 0 amide bonds. The zero-order chi connectivity index (χ0) is 17.9. The number of nitrogens with zero attached hydrogens (tertiary/aromatic N) is 1. The number of H-pyrrole nitrogens is 1. The zero-order valence-corrected chi connectivity index (χ0v) is 14.4. The standard InChI is InChI=1S/C19H24N4O/c1-12(13-6-5-7-14(20)8-13)10-22-18-17(21)15(11-23-18)16(24)9-19(2,3)4/h5-8,10-11,23H,1,9,20-21H2,2-4H3/b22-10-. The summed E-state index contributed by atoms with van der Waals surface area (Å²) in [7, 11) is 0. The van der Waals surface area contributed by atoms with E-state index in [0.717, 1.165) is 5.56 Å². The Kier molecular flexibility index (Phi) is 4.93. The van der Waals surface area contributed by atoms with Gasteiger partial charge in [-0.1, -0.05) is 39.5 Å². The fourth-order valence-corrected chi connectivity index (χ4v) is 2.29. The van der Waals surface area contributed by atoms with E-state index in [1.54, 1.807) is 12.4 Å². The molecule has 0 aliphatic rings. The van der Waals surface area contributed by atoms with Gasteiger partial charge in [0.1, 0.15) is 0 Å². The minimum Gasteiger partial charge on any atom is -0.399 e. The normalized spacial score (nSPS) is 11.8. The van der Waals surface area contributed by atoms with Crippen molar-refractivity contribution in [1.29, 1.82) is 0 Å². The molecule has 2 aromatic rings. The lowest BCUT2D eigenvalue weighted by molar-refractivity contribution is 0.0941. The number of carbonyl (C=O) groups is 1. The molecule has 5 N–H and O–H groups in total. The van der Waals surface area contributed by atoms with Gasteiger partial charge in [-0.05, 0) is 28.7 Å². The molecule has 0 radical (unpaired) electrons. The van der Waals surface area contributed by atoms with E-state index in [2.05, 4.69) is 16.6 Å². The number of nitrogens with two attached hydrogens (primary N) is 2. The van der Waals surface area contributed by atoms with Gasteiger partial charge in [-0.15, -0.1) is 0 Å². The highest BCUT2D eigenvalue weighted by Crippen LogP contribution is 2.29. The molecule has 2 rings (SSSR count). The van der Waals surface area contributed by atoms with Crippen molar-refractivity contribution < 1.29 is 4.79 Å². The summed E-state index contributed by atoms with van der Waals surface area (Å²) in [5.41, 5.74) is 14.8. The predicted molar refractivity (Wildman–Crippen MR) is 102 cm³/mol. The van der Waals surface area contributed by atoms with Gasteiger partial charge in [0, 0.05) is 24.5 Å². The molecule has 0 saturated heterocycles. The van der Waals surface area contributed by atoms with E-state index in [1.165, 1.54) is 0 Å². The van der Waals surface area contributed by atoms with Crippen LogP contribution < -0.4 is 11.5 Å². The van der Waals surface area contributed by atoms with E-state index in [9.17, 15) is 4.79 Å². The first-order valence-electron chi connectivity index (χ1n) is 7.76. The quantitative estimate of drug-likeness (QED) is 0.436.